The van der Waals surface area contributed by atoms with Gasteiger partial charge in [0.25, 0.3) is 0 Å². The van der Waals surface area contributed by atoms with E-state index in [1.807, 2.05) is 24.3 Å². The van der Waals surface area contributed by atoms with E-state index in [4.69, 9.17) is 4.74 Å². The molecule has 142 valence electrons. The maximum Gasteiger partial charge on any atom is 0.189 e. The SMILES string of the molecule is CC(C)(C)C1=N[C@@H](c2[c-]cccc2)CO1.[CH2-]CCC.[CH2-]CCC.[Pt]. The molecule has 1 aliphatic heterocycles. The Morgan fingerprint density at radius 1 is 1.17 bits per heavy atom. The molecule has 0 saturated heterocycles. The van der Waals surface area contributed by atoms with Gasteiger partial charge in [-0.2, -0.15) is 43.2 Å². The molecule has 0 radical (unpaired) electrons. The molecule has 0 unspecified atom stereocenters. The zero-order valence-electron chi connectivity index (χ0n) is 16.0. The molecule has 0 fully saturated rings. The Hall–Kier alpha value is -0.622. The second-order valence-electron chi connectivity index (χ2n) is 6.54. The van der Waals surface area contributed by atoms with Crippen LogP contribution in [0.2, 0.25) is 0 Å². The first kappa shape index (κ1) is 25.6. The molecule has 1 aromatic carbocycles. The fourth-order valence-corrected chi connectivity index (χ4v) is 1.56. The summed E-state index contributed by atoms with van der Waals surface area (Å²) in [7, 11) is 0. The summed E-state index contributed by atoms with van der Waals surface area (Å²) in [4.78, 5) is 4.59. The van der Waals surface area contributed by atoms with Gasteiger partial charge in [-0.25, -0.2) is 4.99 Å². The van der Waals surface area contributed by atoms with Gasteiger partial charge in [-0.1, -0.05) is 47.5 Å². The molecular weight excluding hydrogens is 477 g/mol. The molecular formula is C21H34NOPt-3. The van der Waals surface area contributed by atoms with E-state index in [2.05, 4.69) is 59.5 Å². The van der Waals surface area contributed by atoms with Crippen LogP contribution in [0.1, 0.15) is 71.9 Å². The second-order valence-corrected chi connectivity index (χ2v) is 6.54. The predicted molar refractivity (Wildman–Crippen MR) is 101 cm³/mol. The van der Waals surface area contributed by atoms with Crippen molar-refractivity contribution in [2.24, 2.45) is 10.4 Å². The molecule has 24 heavy (non-hydrogen) atoms. The van der Waals surface area contributed by atoms with Gasteiger partial charge < -0.3 is 18.6 Å². The topological polar surface area (TPSA) is 21.6 Å². The van der Waals surface area contributed by atoms with Crippen LogP contribution in [0.3, 0.4) is 0 Å². The number of hydrogen-bond donors (Lipinski definition) is 0. The average Bonchev–Trinajstić information content (AvgIpc) is 3.06. The molecule has 0 aromatic heterocycles. The first-order valence-corrected chi connectivity index (χ1v) is 8.66. The van der Waals surface area contributed by atoms with Crippen molar-refractivity contribution in [1.82, 2.24) is 0 Å². The van der Waals surface area contributed by atoms with Crippen LogP contribution in [-0.4, -0.2) is 12.5 Å². The van der Waals surface area contributed by atoms with Crippen LogP contribution in [0, 0.1) is 25.3 Å². The van der Waals surface area contributed by atoms with Crippen molar-refractivity contribution in [2.75, 3.05) is 6.61 Å². The van der Waals surface area contributed by atoms with Gasteiger partial charge in [0.15, 0.2) is 5.90 Å². The molecule has 1 atom stereocenters. The summed E-state index contributed by atoms with van der Waals surface area (Å²) < 4.78 is 5.61. The van der Waals surface area contributed by atoms with Crippen LogP contribution in [0.15, 0.2) is 29.3 Å². The largest absolute Gasteiger partial charge is 0.478 e. The first-order valence-electron chi connectivity index (χ1n) is 8.66. The van der Waals surface area contributed by atoms with E-state index in [1.54, 1.807) is 0 Å². The van der Waals surface area contributed by atoms with Gasteiger partial charge in [-0.3, -0.25) is 0 Å². The molecule has 0 amide bonds. The summed E-state index contributed by atoms with van der Waals surface area (Å²) >= 11 is 0. The van der Waals surface area contributed by atoms with Gasteiger partial charge in [-0.15, -0.1) is 5.56 Å². The smallest absolute Gasteiger partial charge is 0.189 e. The van der Waals surface area contributed by atoms with Crippen molar-refractivity contribution in [1.29, 1.82) is 0 Å². The third kappa shape index (κ3) is 11.0. The van der Waals surface area contributed by atoms with Gasteiger partial charge in [0.1, 0.15) is 6.61 Å². The zero-order valence-corrected chi connectivity index (χ0v) is 18.3. The van der Waals surface area contributed by atoms with Crippen molar-refractivity contribution in [3.8, 4) is 0 Å². The summed E-state index contributed by atoms with van der Waals surface area (Å²) in [6, 6.07) is 11.3. The van der Waals surface area contributed by atoms with Crippen LogP contribution in [-0.2, 0) is 25.8 Å². The Morgan fingerprint density at radius 2 is 1.71 bits per heavy atom. The fraction of sp³-hybridized carbons (Fsp3) is 0.571. The van der Waals surface area contributed by atoms with Crippen molar-refractivity contribution in [2.45, 2.75) is 66.3 Å². The molecule has 0 bridgehead atoms. The Morgan fingerprint density at radius 3 is 2.04 bits per heavy atom. The Labute approximate surface area is 164 Å². The molecule has 3 heteroatoms. The summed E-state index contributed by atoms with van der Waals surface area (Å²) in [5, 5.41) is 0. The number of unbranched alkanes of at least 4 members (excludes halogenated alkanes) is 2. The molecule has 1 heterocycles. The van der Waals surface area contributed by atoms with Gasteiger partial charge in [0.05, 0.1) is 6.04 Å². The van der Waals surface area contributed by atoms with Gasteiger partial charge in [-0.05, 0) is 0 Å². The van der Waals surface area contributed by atoms with Crippen LogP contribution in [0.5, 0.6) is 0 Å². The standard InChI is InChI=1S/C13H16NO.2C4H9.Pt/c1-13(2,3)12-14-11(9-15-12)10-7-5-4-6-8-10;2*1-3-4-2;/h4-7,11H,9H2,1-3H3;2*1,3-4H2,2H3;/q3*-1;/t11-;;;/m1.../s1. The van der Waals surface area contributed by atoms with E-state index in [9.17, 15) is 0 Å². The van der Waals surface area contributed by atoms with Crippen molar-refractivity contribution >= 4 is 5.90 Å². The molecule has 2 nitrogen and oxygen atoms in total. The quantitative estimate of drug-likeness (QED) is 0.440. The van der Waals surface area contributed by atoms with Crippen LogP contribution < -0.4 is 0 Å². The predicted octanol–water partition coefficient (Wildman–Crippen LogP) is 6.24. The molecule has 0 N–H and O–H groups in total. The number of hydrogen-bond acceptors (Lipinski definition) is 2. The molecule has 2 rings (SSSR count). The number of rotatable bonds is 3. The minimum Gasteiger partial charge on any atom is -0.478 e. The Kier molecular flexibility index (Phi) is 15.7. The normalized spacial score (nSPS) is 15.6. The summed E-state index contributed by atoms with van der Waals surface area (Å²) in [5.74, 6) is 0.852. The van der Waals surface area contributed by atoms with E-state index < -0.39 is 0 Å². The summed E-state index contributed by atoms with van der Waals surface area (Å²) in [6.45, 7) is 18.4. The molecule has 1 aliphatic rings. The fourth-order valence-electron chi connectivity index (χ4n) is 1.56. The number of aliphatic imine (C=N–C) groups is 1. The zero-order chi connectivity index (χ0) is 17.7. The molecule has 0 spiro atoms. The van der Waals surface area contributed by atoms with E-state index in [1.165, 1.54) is 12.8 Å². The number of ether oxygens (including phenoxy) is 1. The average molecular weight is 512 g/mol. The summed E-state index contributed by atoms with van der Waals surface area (Å²) in [5.41, 5.74) is 1.11. The first-order chi connectivity index (χ1) is 10.9. The Bertz CT molecular complexity index is 415. The number of benzene rings is 1. The second kappa shape index (κ2) is 14.7. The maximum absolute atomic E-state index is 5.61. The maximum atomic E-state index is 5.61. The monoisotopic (exact) mass is 511 g/mol. The van der Waals surface area contributed by atoms with Gasteiger partial charge in [0, 0.05) is 26.5 Å². The third-order valence-electron chi connectivity index (χ3n) is 3.09. The van der Waals surface area contributed by atoms with Crippen molar-refractivity contribution in [3.05, 3.63) is 49.7 Å². The van der Waals surface area contributed by atoms with Crippen molar-refractivity contribution in [3.63, 3.8) is 0 Å². The molecule has 0 saturated carbocycles. The van der Waals surface area contributed by atoms with Crippen LogP contribution in [0.25, 0.3) is 0 Å². The van der Waals surface area contributed by atoms with Crippen molar-refractivity contribution < 1.29 is 25.8 Å². The minimum absolute atomic E-state index is 0. The van der Waals surface area contributed by atoms with Gasteiger partial charge >= 0.3 is 0 Å². The molecule has 0 aliphatic carbocycles. The molecule has 1 aromatic rings. The summed E-state index contributed by atoms with van der Waals surface area (Å²) in [6.07, 6.45) is 4.56. The Balaban J connectivity index is 0. The minimum atomic E-state index is 0. The van der Waals surface area contributed by atoms with E-state index in [-0.39, 0.29) is 32.5 Å². The van der Waals surface area contributed by atoms with Crippen LogP contribution >= 0.6 is 0 Å². The number of nitrogens with zero attached hydrogens (tertiary/aromatic N) is 1. The van der Waals surface area contributed by atoms with Crippen LogP contribution in [0.4, 0.5) is 0 Å². The van der Waals surface area contributed by atoms with E-state index >= 15 is 0 Å². The van der Waals surface area contributed by atoms with Gasteiger partial charge in [0.2, 0.25) is 0 Å². The van der Waals surface area contributed by atoms with E-state index in [0.29, 0.717) is 6.61 Å². The van der Waals surface area contributed by atoms with E-state index in [0.717, 1.165) is 24.3 Å². The third-order valence-corrected chi connectivity index (χ3v) is 3.09.